The van der Waals surface area contributed by atoms with E-state index in [1.807, 2.05) is 0 Å². The van der Waals surface area contributed by atoms with E-state index >= 15 is 0 Å². The van der Waals surface area contributed by atoms with Crippen molar-refractivity contribution in [2.75, 3.05) is 13.6 Å². The van der Waals surface area contributed by atoms with Gasteiger partial charge in [-0.05, 0) is 38.1 Å². The number of nitrogens with zero attached hydrogens (tertiary/aromatic N) is 1. The van der Waals surface area contributed by atoms with Crippen molar-refractivity contribution in [3.63, 3.8) is 0 Å². The van der Waals surface area contributed by atoms with Crippen molar-refractivity contribution in [2.24, 2.45) is 5.41 Å². The third-order valence-corrected chi connectivity index (χ3v) is 3.84. The third-order valence-electron chi connectivity index (χ3n) is 3.84. The van der Waals surface area contributed by atoms with E-state index in [-0.39, 0.29) is 6.04 Å². The average Bonchev–Trinajstić information content (AvgIpc) is 2.11. The molecule has 0 aliphatic heterocycles. The lowest BCUT2D eigenvalue weighted by atomic mass is 9.71. The SMILES string of the molecule is CN(CC(F)(F)F)C1CCC(C)(CC(F)(F)F)CC1. The molecule has 1 aliphatic carbocycles. The molecular formula is C12H19F6N. The van der Waals surface area contributed by atoms with Gasteiger partial charge in [-0.2, -0.15) is 26.3 Å². The number of halogens is 6. The quantitative estimate of drug-likeness (QED) is 0.697. The fourth-order valence-corrected chi connectivity index (χ4v) is 2.81. The molecule has 1 rings (SSSR count). The van der Waals surface area contributed by atoms with Gasteiger partial charge in [0, 0.05) is 12.5 Å². The van der Waals surface area contributed by atoms with Crippen molar-refractivity contribution in [1.29, 1.82) is 0 Å². The molecule has 1 nitrogen and oxygen atoms in total. The van der Waals surface area contributed by atoms with E-state index in [0.717, 1.165) is 0 Å². The molecule has 0 N–H and O–H groups in total. The van der Waals surface area contributed by atoms with Crippen molar-refractivity contribution >= 4 is 0 Å². The Bertz CT molecular complexity index is 288. The highest BCUT2D eigenvalue weighted by atomic mass is 19.4. The standard InChI is InChI=1S/C12H19F6N/c1-10(7-11(13,14)15)5-3-9(4-6-10)19(2)8-12(16,17)18/h9H,3-8H2,1-2H3. The van der Waals surface area contributed by atoms with Gasteiger partial charge in [-0.3, -0.25) is 4.90 Å². The molecule has 0 heterocycles. The van der Waals surface area contributed by atoms with Gasteiger partial charge in [-0.15, -0.1) is 0 Å². The van der Waals surface area contributed by atoms with Crippen LogP contribution in [0.4, 0.5) is 26.3 Å². The Morgan fingerprint density at radius 3 is 1.84 bits per heavy atom. The highest BCUT2D eigenvalue weighted by Crippen LogP contribution is 2.45. The van der Waals surface area contributed by atoms with Gasteiger partial charge in [0.25, 0.3) is 0 Å². The van der Waals surface area contributed by atoms with Gasteiger partial charge < -0.3 is 0 Å². The Morgan fingerprint density at radius 1 is 1.00 bits per heavy atom. The average molecular weight is 291 g/mol. The molecule has 0 unspecified atom stereocenters. The predicted octanol–water partition coefficient (Wildman–Crippen LogP) is 4.38. The zero-order chi connectivity index (χ0) is 14.9. The molecule has 19 heavy (non-hydrogen) atoms. The van der Waals surface area contributed by atoms with E-state index in [2.05, 4.69) is 0 Å². The highest BCUT2D eigenvalue weighted by molar-refractivity contribution is 4.87. The number of hydrogen-bond donors (Lipinski definition) is 0. The summed E-state index contributed by atoms with van der Waals surface area (Å²) in [5, 5.41) is 0. The summed E-state index contributed by atoms with van der Waals surface area (Å²) in [5.41, 5.74) is -0.826. The minimum absolute atomic E-state index is 0.275. The van der Waals surface area contributed by atoms with Gasteiger partial charge >= 0.3 is 12.4 Å². The van der Waals surface area contributed by atoms with E-state index in [9.17, 15) is 26.3 Å². The molecule has 0 aromatic heterocycles. The molecule has 114 valence electrons. The van der Waals surface area contributed by atoms with Gasteiger partial charge in [0.05, 0.1) is 6.54 Å². The minimum Gasteiger partial charge on any atom is -0.295 e. The van der Waals surface area contributed by atoms with Crippen LogP contribution < -0.4 is 0 Å². The van der Waals surface area contributed by atoms with Crippen molar-refractivity contribution in [3.05, 3.63) is 0 Å². The molecule has 1 saturated carbocycles. The number of alkyl halides is 6. The lowest BCUT2D eigenvalue weighted by molar-refractivity contribution is -0.164. The third kappa shape index (κ3) is 6.01. The molecule has 0 amide bonds. The zero-order valence-corrected chi connectivity index (χ0v) is 11.0. The molecular weight excluding hydrogens is 272 g/mol. The summed E-state index contributed by atoms with van der Waals surface area (Å²) < 4.78 is 73.9. The first-order valence-electron chi connectivity index (χ1n) is 6.24. The lowest BCUT2D eigenvalue weighted by Crippen LogP contribution is -2.43. The first-order valence-corrected chi connectivity index (χ1v) is 6.24. The second-order valence-electron chi connectivity index (χ2n) is 5.86. The fourth-order valence-electron chi connectivity index (χ4n) is 2.81. The summed E-state index contributed by atoms with van der Waals surface area (Å²) in [6.07, 6.45) is -7.91. The van der Waals surface area contributed by atoms with Crippen molar-refractivity contribution in [2.45, 2.75) is 57.4 Å². The van der Waals surface area contributed by atoms with E-state index in [1.54, 1.807) is 6.92 Å². The molecule has 0 saturated heterocycles. The van der Waals surface area contributed by atoms with Gasteiger partial charge in [-0.1, -0.05) is 6.92 Å². The maximum atomic E-state index is 12.4. The number of rotatable bonds is 3. The summed E-state index contributed by atoms with van der Waals surface area (Å²) in [7, 11) is 1.38. The molecule has 1 fully saturated rings. The van der Waals surface area contributed by atoms with Gasteiger partial charge in [-0.25, -0.2) is 0 Å². The lowest BCUT2D eigenvalue weighted by Gasteiger charge is -2.41. The summed E-state index contributed by atoms with van der Waals surface area (Å²) in [5.74, 6) is 0. The van der Waals surface area contributed by atoms with E-state index < -0.39 is 30.7 Å². The Balaban J connectivity index is 2.48. The topological polar surface area (TPSA) is 3.24 Å². The van der Waals surface area contributed by atoms with Gasteiger partial charge in [0.2, 0.25) is 0 Å². The highest BCUT2D eigenvalue weighted by Gasteiger charge is 2.42. The molecule has 7 heteroatoms. The van der Waals surface area contributed by atoms with Crippen LogP contribution in [0.2, 0.25) is 0 Å². The molecule has 1 aliphatic rings. The van der Waals surface area contributed by atoms with E-state index in [0.29, 0.717) is 25.7 Å². The summed E-state index contributed by atoms with van der Waals surface area (Å²) >= 11 is 0. The molecule has 0 radical (unpaired) electrons. The Kier molecular flexibility index (Phi) is 4.80. The predicted molar refractivity (Wildman–Crippen MR) is 59.7 cm³/mol. The molecule has 0 bridgehead atoms. The fraction of sp³-hybridized carbons (Fsp3) is 1.00. The normalized spacial score (nSPS) is 29.8. The van der Waals surface area contributed by atoms with Gasteiger partial charge in [0.15, 0.2) is 0 Å². The maximum absolute atomic E-state index is 12.4. The molecule has 0 aromatic carbocycles. The van der Waals surface area contributed by atoms with Crippen LogP contribution in [-0.4, -0.2) is 36.9 Å². The van der Waals surface area contributed by atoms with Crippen molar-refractivity contribution < 1.29 is 26.3 Å². The second-order valence-corrected chi connectivity index (χ2v) is 5.86. The van der Waals surface area contributed by atoms with Crippen LogP contribution in [0.25, 0.3) is 0 Å². The Hall–Kier alpha value is -0.460. The van der Waals surface area contributed by atoms with E-state index in [4.69, 9.17) is 0 Å². The van der Waals surface area contributed by atoms with E-state index in [1.165, 1.54) is 11.9 Å². The zero-order valence-electron chi connectivity index (χ0n) is 11.0. The van der Waals surface area contributed by atoms with Crippen LogP contribution >= 0.6 is 0 Å². The van der Waals surface area contributed by atoms with Crippen LogP contribution in [-0.2, 0) is 0 Å². The molecule has 0 atom stereocenters. The summed E-state index contributed by atoms with van der Waals surface area (Å²) in [6, 6.07) is -0.275. The van der Waals surface area contributed by atoms with Crippen LogP contribution in [0.15, 0.2) is 0 Å². The molecule has 0 spiro atoms. The Morgan fingerprint density at radius 2 is 1.47 bits per heavy atom. The maximum Gasteiger partial charge on any atom is 0.401 e. The smallest absolute Gasteiger partial charge is 0.295 e. The molecule has 0 aromatic rings. The first kappa shape index (κ1) is 16.6. The van der Waals surface area contributed by atoms with Crippen molar-refractivity contribution in [3.8, 4) is 0 Å². The second kappa shape index (κ2) is 5.50. The van der Waals surface area contributed by atoms with Crippen LogP contribution in [0.5, 0.6) is 0 Å². The largest absolute Gasteiger partial charge is 0.401 e. The monoisotopic (exact) mass is 291 g/mol. The minimum atomic E-state index is -4.26. The van der Waals surface area contributed by atoms with Crippen molar-refractivity contribution in [1.82, 2.24) is 4.90 Å². The summed E-state index contributed by atoms with van der Waals surface area (Å²) in [6.45, 7) is 0.564. The number of hydrogen-bond acceptors (Lipinski definition) is 1. The first-order chi connectivity index (χ1) is 8.40. The summed E-state index contributed by atoms with van der Waals surface area (Å²) in [4.78, 5) is 1.20. The Labute approximate surface area is 109 Å². The van der Waals surface area contributed by atoms with Crippen LogP contribution in [0, 0.1) is 5.41 Å². The van der Waals surface area contributed by atoms with Gasteiger partial charge in [0.1, 0.15) is 0 Å². The van der Waals surface area contributed by atoms with Crippen LogP contribution in [0.3, 0.4) is 0 Å². The van der Waals surface area contributed by atoms with Crippen LogP contribution in [0.1, 0.15) is 39.0 Å².